The zero-order chi connectivity index (χ0) is 29.7. The molecule has 9 nitrogen and oxygen atoms in total. The number of nitrogens with one attached hydrogen (secondary N) is 2. The molecule has 2 amide bonds. The molecule has 9 heteroatoms. The van der Waals surface area contributed by atoms with Crippen LogP contribution in [0.3, 0.4) is 0 Å². The Bertz CT molecular complexity index is 909. The van der Waals surface area contributed by atoms with E-state index in [1.165, 1.54) is 0 Å². The molecular weight excluding hydrogens is 510 g/mol. The van der Waals surface area contributed by atoms with E-state index in [1.54, 1.807) is 19.2 Å². The second kappa shape index (κ2) is 16.9. The lowest BCUT2D eigenvalue weighted by molar-refractivity contribution is -0.137. The number of aliphatic hydroxyl groups is 2. The van der Waals surface area contributed by atoms with Crippen LogP contribution in [0.2, 0.25) is 0 Å². The van der Waals surface area contributed by atoms with Gasteiger partial charge in [-0.1, -0.05) is 52.7 Å². The molecule has 0 saturated heterocycles. The molecule has 2 rings (SSSR count). The number of hydrogen-bond acceptors (Lipinski definition) is 7. The number of carbonyl (C=O) groups is 2. The average molecular weight is 564 g/mol. The summed E-state index contributed by atoms with van der Waals surface area (Å²) in [6.07, 6.45) is 4.31. The number of hydrogen-bond donors (Lipinski definition) is 5. The predicted octanol–water partition coefficient (Wildman–Crippen LogP) is 3.27. The zero-order valence-electron chi connectivity index (χ0n) is 25.2. The van der Waals surface area contributed by atoms with E-state index in [-0.39, 0.29) is 36.1 Å². The Kier molecular flexibility index (Phi) is 14.4. The number of carbonyl (C=O) groups excluding carboxylic acids is 2. The Morgan fingerprint density at radius 3 is 2.42 bits per heavy atom. The molecule has 0 aliphatic heterocycles. The van der Waals surface area contributed by atoms with Crippen molar-refractivity contribution in [2.75, 3.05) is 33.4 Å². The van der Waals surface area contributed by atoms with Gasteiger partial charge in [0.25, 0.3) is 5.91 Å². The average Bonchev–Trinajstić information content (AvgIpc) is 2.93. The summed E-state index contributed by atoms with van der Waals surface area (Å²) in [6.45, 7) is 9.46. The Morgan fingerprint density at radius 2 is 1.75 bits per heavy atom. The fourth-order valence-corrected chi connectivity index (χ4v) is 5.43. The Morgan fingerprint density at radius 1 is 1.07 bits per heavy atom. The Balaban J connectivity index is 1.87. The minimum absolute atomic E-state index is 0.0280. The number of benzene rings is 1. The third-order valence-electron chi connectivity index (χ3n) is 8.38. The molecule has 6 N–H and O–H groups in total. The van der Waals surface area contributed by atoms with E-state index in [9.17, 15) is 19.8 Å². The maximum absolute atomic E-state index is 13.0. The van der Waals surface area contributed by atoms with Crippen molar-refractivity contribution >= 4 is 11.8 Å². The number of ether oxygens (including phenoxy) is 2. The lowest BCUT2D eigenvalue weighted by Gasteiger charge is -2.39. The van der Waals surface area contributed by atoms with Gasteiger partial charge >= 0.3 is 0 Å². The van der Waals surface area contributed by atoms with Crippen molar-refractivity contribution in [1.82, 2.24) is 10.6 Å². The van der Waals surface area contributed by atoms with Crippen LogP contribution < -0.4 is 21.1 Å². The van der Waals surface area contributed by atoms with Gasteiger partial charge in [0.1, 0.15) is 5.75 Å². The van der Waals surface area contributed by atoms with Gasteiger partial charge in [-0.05, 0) is 62.0 Å². The number of rotatable bonds is 17. The third-order valence-corrected chi connectivity index (χ3v) is 8.38. The summed E-state index contributed by atoms with van der Waals surface area (Å²) in [6, 6.07) is 6.62. The van der Waals surface area contributed by atoms with Crippen LogP contribution in [0.4, 0.5) is 0 Å². The van der Waals surface area contributed by atoms with E-state index in [4.69, 9.17) is 15.2 Å². The molecule has 228 valence electrons. The van der Waals surface area contributed by atoms with Crippen LogP contribution in [0.25, 0.3) is 0 Å². The number of para-hydroxylation sites is 1. The highest BCUT2D eigenvalue weighted by Crippen LogP contribution is 2.38. The summed E-state index contributed by atoms with van der Waals surface area (Å²) in [7, 11) is 1.67. The molecule has 1 aromatic rings. The first-order valence-corrected chi connectivity index (χ1v) is 14.9. The van der Waals surface area contributed by atoms with E-state index in [1.807, 2.05) is 26.0 Å². The summed E-state index contributed by atoms with van der Waals surface area (Å²) in [5, 5.41) is 27.1. The topological polar surface area (TPSA) is 143 Å². The van der Waals surface area contributed by atoms with Gasteiger partial charge in [-0.25, -0.2) is 0 Å². The van der Waals surface area contributed by atoms with E-state index in [0.29, 0.717) is 37.5 Å². The van der Waals surface area contributed by atoms with Crippen molar-refractivity contribution in [3.63, 3.8) is 0 Å². The fraction of sp³-hybridized carbons (Fsp3) is 0.742. The SMILES string of the molecule is COCCCCOc1ccccc1C(=O)NC[C@@H](C[C@H](N)[C@@H](O)CNC(=O)C(C)(C)[C@@H]1CCCC[C@H]1O)C(C)C. The van der Waals surface area contributed by atoms with Crippen molar-refractivity contribution in [1.29, 1.82) is 0 Å². The standard InChI is InChI=1S/C31H53N3O6/c1-21(2)22(19-33-29(37)23-12-6-9-15-28(23)40-17-11-10-16-39-5)18-25(32)27(36)20-34-30(38)31(3,4)24-13-7-8-14-26(24)35/h6,9,12,15,21-22,24-27,35-36H,7-8,10-11,13-14,16-20,32H2,1-5H3,(H,33,37)(H,34,38)/t22-,24-,25+,26-,27+/m1/s1. The van der Waals surface area contributed by atoms with E-state index < -0.39 is 23.7 Å². The van der Waals surface area contributed by atoms with Crippen molar-refractivity contribution < 1.29 is 29.3 Å². The van der Waals surface area contributed by atoms with Gasteiger partial charge in [0, 0.05) is 38.3 Å². The minimum Gasteiger partial charge on any atom is -0.493 e. The van der Waals surface area contributed by atoms with Crippen LogP contribution in [-0.2, 0) is 9.53 Å². The van der Waals surface area contributed by atoms with Gasteiger partial charge in [0.15, 0.2) is 0 Å². The predicted molar refractivity (Wildman–Crippen MR) is 157 cm³/mol. The van der Waals surface area contributed by atoms with Crippen molar-refractivity contribution in [3.05, 3.63) is 29.8 Å². The fourth-order valence-electron chi connectivity index (χ4n) is 5.43. The molecule has 0 spiro atoms. The summed E-state index contributed by atoms with van der Waals surface area (Å²) in [4.78, 5) is 26.0. The largest absolute Gasteiger partial charge is 0.493 e. The molecule has 0 radical (unpaired) electrons. The van der Waals surface area contributed by atoms with Crippen LogP contribution in [0.1, 0.15) is 83.0 Å². The summed E-state index contributed by atoms with van der Waals surface area (Å²) in [5.74, 6) is 0.285. The molecule has 0 unspecified atom stereocenters. The Labute approximate surface area is 240 Å². The highest BCUT2D eigenvalue weighted by atomic mass is 16.5. The molecule has 1 aromatic carbocycles. The molecule has 1 fully saturated rings. The first-order chi connectivity index (χ1) is 19.0. The Hall–Kier alpha value is -2.20. The summed E-state index contributed by atoms with van der Waals surface area (Å²) >= 11 is 0. The smallest absolute Gasteiger partial charge is 0.255 e. The zero-order valence-corrected chi connectivity index (χ0v) is 25.2. The van der Waals surface area contributed by atoms with Crippen molar-refractivity contribution in [2.24, 2.45) is 28.9 Å². The van der Waals surface area contributed by atoms with Gasteiger partial charge in [-0.3, -0.25) is 9.59 Å². The van der Waals surface area contributed by atoms with Gasteiger partial charge in [-0.15, -0.1) is 0 Å². The van der Waals surface area contributed by atoms with Crippen LogP contribution in [-0.4, -0.2) is 73.7 Å². The number of amides is 2. The quantitative estimate of drug-likeness (QED) is 0.183. The van der Waals surface area contributed by atoms with E-state index in [2.05, 4.69) is 24.5 Å². The lowest BCUT2D eigenvalue weighted by Crippen LogP contribution is -2.51. The number of unbranched alkanes of at least 4 members (excludes halogenated alkanes) is 1. The second-order valence-corrected chi connectivity index (χ2v) is 12.1. The summed E-state index contributed by atoms with van der Waals surface area (Å²) < 4.78 is 10.9. The van der Waals surface area contributed by atoms with Gasteiger partial charge in [-0.2, -0.15) is 0 Å². The first-order valence-electron chi connectivity index (χ1n) is 14.9. The highest BCUT2D eigenvalue weighted by Gasteiger charge is 2.41. The van der Waals surface area contributed by atoms with Crippen LogP contribution in [0.5, 0.6) is 5.75 Å². The van der Waals surface area contributed by atoms with Crippen LogP contribution in [0, 0.1) is 23.2 Å². The second-order valence-electron chi connectivity index (χ2n) is 12.1. The first kappa shape index (κ1) is 34.0. The molecule has 1 aliphatic rings. The number of methoxy groups -OCH3 is 1. The molecule has 1 saturated carbocycles. The van der Waals surface area contributed by atoms with E-state index >= 15 is 0 Å². The molecule has 5 atom stereocenters. The van der Waals surface area contributed by atoms with Crippen molar-refractivity contribution in [3.8, 4) is 5.75 Å². The third kappa shape index (κ3) is 10.3. The van der Waals surface area contributed by atoms with E-state index in [0.717, 1.165) is 38.5 Å². The molecule has 0 aromatic heterocycles. The van der Waals surface area contributed by atoms with Gasteiger partial charge in [0.05, 0.1) is 24.4 Å². The van der Waals surface area contributed by atoms with Gasteiger partial charge in [0.2, 0.25) is 5.91 Å². The molecule has 0 heterocycles. The molecule has 1 aliphatic carbocycles. The van der Waals surface area contributed by atoms with Crippen molar-refractivity contribution in [2.45, 2.75) is 90.9 Å². The molecule has 40 heavy (non-hydrogen) atoms. The minimum atomic E-state index is -0.930. The number of nitrogens with two attached hydrogens (primary N) is 1. The number of aliphatic hydroxyl groups excluding tert-OH is 2. The molecular formula is C31H53N3O6. The monoisotopic (exact) mass is 563 g/mol. The summed E-state index contributed by atoms with van der Waals surface area (Å²) in [5.41, 5.74) is 6.11. The lowest BCUT2D eigenvalue weighted by atomic mass is 9.69. The van der Waals surface area contributed by atoms with Crippen LogP contribution >= 0.6 is 0 Å². The maximum Gasteiger partial charge on any atom is 0.255 e. The van der Waals surface area contributed by atoms with Gasteiger partial charge < -0.3 is 36.1 Å². The van der Waals surface area contributed by atoms with Crippen LogP contribution in [0.15, 0.2) is 24.3 Å². The normalized spacial score (nSPS) is 20.0. The highest BCUT2D eigenvalue weighted by molar-refractivity contribution is 5.96. The maximum atomic E-state index is 13.0. The molecule has 0 bridgehead atoms.